The van der Waals surface area contributed by atoms with Gasteiger partial charge >= 0.3 is 0 Å². The number of para-hydroxylation sites is 3. The van der Waals surface area contributed by atoms with Crippen LogP contribution in [0, 0.1) is 6.92 Å². The number of aromatic nitrogens is 3. The minimum absolute atomic E-state index is 0.0170. The number of amides is 1. The number of carbonyl (C=O) groups is 1. The zero-order valence-corrected chi connectivity index (χ0v) is 18.9. The third-order valence-electron chi connectivity index (χ3n) is 5.58. The second-order valence-electron chi connectivity index (χ2n) is 7.58. The molecule has 0 saturated heterocycles. The van der Waals surface area contributed by atoms with Gasteiger partial charge in [0.25, 0.3) is 0 Å². The van der Waals surface area contributed by atoms with Crippen LogP contribution in [0.2, 0.25) is 0 Å². The molecule has 3 heterocycles. The molecule has 0 saturated carbocycles. The molecule has 1 aliphatic heterocycles. The second-order valence-corrected chi connectivity index (χ2v) is 9.60. The number of hydrogen-bond acceptors (Lipinski definition) is 5. The molecule has 5 nitrogen and oxygen atoms in total. The van der Waals surface area contributed by atoms with Gasteiger partial charge in [0.05, 0.1) is 22.6 Å². The topological polar surface area (TPSA) is 50.5 Å². The highest BCUT2D eigenvalue weighted by Crippen LogP contribution is 2.48. The number of thioether (sulfide) groups is 1. The molecule has 6 rings (SSSR count). The van der Waals surface area contributed by atoms with E-state index >= 15 is 0 Å². The normalized spacial score (nSPS) is 12.7. The lowest BCUT2D eigenvalue weighted by molar-refractivity contribution is -0.115. The van der Waals surface area contributed by atoms with Crippen LogP contribution < -0.4 is 4.90 Å². The van der Waals surface area contributed by atoms with Crippen molar-refractivity contribution < 1.29 is 4.79 Å². The number of fused-ring (bicyclic) bond motifs is 5. The molecular formula is C25H18N4OS2. The summed E-state index contributed by atoms with van der Waals surface area (Å²) < 4.78 is 2.04. The standard InChI is InChI=1S/C25H18N4OS2/c1-16-14-23-26-27-25(29(23)18-9-3-2-8-17(16)18)31-15-24(30)28-19-10-4-6-12-21(19)32-22-13-7-5-11-20(22)28/h2-14H,15H2,1H3. The summed E-state index contributed by atoms with van der Waals surface area (Å²) in [6.07, 6.45) is 0. The summed E-state index contributed by atoms with van der Waals surface area (Å²) >= 11 is 3.12. The Labute approximate surface area is 193 Å². The largest absolute Gasteiger partial charge is 0.278 e. The molecule has 0 radical (unpaired) electrons. The van der Waals surface area contributed by atoms with E-state index in [-0.39, 0.29) is 11.7 Å². The Morgan fingerprint density at radius 3 is 2.31 bits per heavy atom. The number of aryl methyl sites for hydroxylation is 1. The highest BCUT2D eigenvalue weighted by Gasteiger charge is 2.28. The van der Waals surface area contributed by atoms with Crippen LogP contribution in [0.25, 0.3) is 16.6 Å². The van der Waals surface area contributed by atoms with E-state index < -0.39 is 0 Å². The van der Waals surface area contributed by atoms with Crippen molar-refractivity contribution in [3.63, 3.8) is 0 Å². The minimum atomic E-state index is 0.0170. The summed E-state index contributed by atoms with van der Waals surface area (Å²) in [5, 5.41) is 10.6. The fourth-order valence-electron chi connectivity index (χ4n) is 4.13. The Morgan fingerprint density at radius 1 is 0.906 bits per heavy atom. The van der Waals surface area contributed by atoms with E-state index in [0.717, 1.165) is 48.4 Å². The van der Waals surface area contributed by atoms with Gasteiger partial charge in [-0.2, -0.15) is 0 Å². The number of hydrogen-bond donors (Lipinski definition) is 0. The van der Waals surface area contributed by atoms with Crippen LogP contribution in [-0.4, -0.2) is 26.3 Å². The van der Waals surface area contributed by atoms with E-state index in [1.165, 1.54) is 11.8 Å². The molecule has 0 spiro atoms. The Hall–Kier alpha value is -3.29. The van der Waals surface area contributed by atoms with Crippen LogP contribution >= 0.6 is 23.5 Å². The Morgan fingerprint density at radius 2 is 1.56 bits per heavy atom. The summed E-state index contributed by atoms with van der Waals surface area (Å²) in [5.41, 5.74) is 4.85. The van der Waals surface area contributed by atoms with Crippen LogP contribution in [0.1, 0.15) is 5.56 Å². The first kappa shape index (κ1) is 19.4. The summed E-state index contributed by atoms with van der Waals surface area (Å²) in [6.45, 7) is 2.08. The lowest BCUT2D eigenvalue weighted by Crippen LogP contribution is -2.30. The van der Waals surface area contributed by atoms with Crippen molar-refractivity contribution in [2.45, 2.75) is 21.9 Å². The van der Waals surface area contributed by atoms with Crippen molar-refractivity contribution in [1.82, 2.24) is 14.6 Å². The molecular weight excluding hydrogens is 436 g/mol. The molecule has 0 atom stereocenters. The predicted molar refractivity (Wildman–Crippen MR) is 130 cm³/mol. The van der Waals surface area contributed by atoms with Gasteiger partial charge in [-0.05, 0) is 48.9 Å². The van der Waals surface area contributed by atoms with Crippen molar-refractivity contribution in [1.29, 1.82) is 0 Å². The molecule has 5 aromatic rings. The molecule has 1 aliphatic rings. The average Bonchev–Trinajstić information content (AvgIpc) is 3.24. The lowest BCUT2D eigenvalue weighted by Gasteiger charge is -2.30. The van der Waals surface area contributed by atoms with Gasteiger partial charge in [0, 0.05) is 15.2 Å². The number of carbonyl (C=O) groups excluding carboxylic acids is 1. The molecule has 0 bridgehead atoms. The Bertz CT molecular complexity index is 1470. The molecule has 156 valence electrons. The number of anilines is 2. The van der Waals surface area contributed by atoms with Crippen LogP contribution in [0.3, 0.4) is 0 Å². The highest BCUT2D eigenvalue weighted by molar-refractivity contribution is 8.00. The van der Waals surface area contributed by atoms with Crippen LogP contribution in [0.5, 0.6) is 0 Å². The van der Waals surface area contributed by atoms with Crippen molar-refractivity contribution in [2.24, 2.45) is 0 Å². The van der Waals surface area contributed by atoms with Gasteiger partial charge in [-0.1, -0.05) is 66.0 Å². The van der Waals surface area contributed by atoms with Crippen molar-refractivity contribution in [3.05, 3.63) is 84.4 Å². The Balaban J connectivity index is 1.36. The molecule has 0 unspecified atom stereocenters. The number of benzene rings is 3. The summed E-state index contributed by atoms with van der Waals surface area (Å²) in [4.78, 5) is 17.5. The van der Waals surface area contributed by atoms with E-state index in [1.807, 2.05) is 63.9 Å². The first-order chi connectivity index (χ1) is 15.7. The molecule has 3 aromatic carbocycles. The van der Waals surface area contributed by atoms with Gasteiger partial charge in [-0.3, -0.25) is 14.1 Å². The summed E-state index contributed by atoms with van der Waals surface area (Å²) in [7, 11) is 0. The molecule has 1 amide bonds. The van der Waals surface area contributed by atoms with E-state index in [2.05, 4.69) is 41.4 Å². The van der Waals surface area contributed by atoms with E-state index in [4.69, 9.17) is 0 Å². The third-order valence-corrected chi connectivity index (χ3v) is 7.62. The monoisotopic (exact) mass is 454 g/mol. The molecule has 0 N–H and O–H groups in total. The van der Waals surface area contributed by atoms with Gasteiger partial charge in [-0.15, -0.1) is 10.2 Å². The summed E-state index contributed by atoms with van der Waals surface area (Å²) in [5.74, 6) is 0.277. The molecule has 2 aromatic heterocycles. The van der Waals surface area contributed by atoms with Gasteiger partial charge in [0.15, 0.2) is 10.8 Å². The number of nitrogens with zero attached hydrogens (tertiary/aromatic N) is 4. The number of pyridine rings is 1. The molecule has 0 aliphatic carbocycles. The quantitative estimate of drug-likeness (QED) is 0.308. The maximum Gasteiger partial charge on any atom is 0.242 e. The van der Waals surface area contributed by atoms with Crippen molar-refractivity contribution in [3.8, 4) is 0 Å². The minimum Gasteiger partial charge on any atom is -0.278 e. The smallest absolute Gasteiger partial charge is 0.242 e. The van der Waals surface area contributed by atoms with Crippen LogP contribution in [-0.2, 0) is 4.79 Å². The fourth-order valence-corrected chi connectivity index (χ4v) is 5.99. The van der Waals surface area contributed by atoms with Gasteiger partial charge in [0.1, 0.15) is 0 Å². The van der Waals surface area contributed by atoms with Crippen molar-refractivity contribution in [2.75, 3.05) is 10.7 Å². The lowest BCUT2D eigenvalue weighted by atomic mass is 10.1. The van der Waals surface area contributed by atoms with E-state index in [0.29, 0.717) is 0 Å². The summed E-state index contributed by atoms with van der Waals surface area (Å²) in [6, 6.07) is 26.3. The second kappa shape index (κ2) is 7.69. The fraction of sp³-hybridized carbons (Fsp3) is 0.0800. The van der Waals surface area contributed by atoms with Gasteiger partial charge < -0.3 is 0 Å². The zero-order valence-electron chi connectivity index (χ0n) is 17.2. The van der Waals surface area contributed by atoms with Crippen LogP contribution in [0.15, 0.2) is 93.8 Å². The molecule has 0 fully saturated rings. The zero-order chi connectivity index (χ0) is 21.7. The van der Waals surface area contributed by atoms with Crippen molar-refractivity contribution >= 4 is 57.4 Å². The Kier molecular flexibility index (Phi) is 4.66. The molecule has 32 heavy (non-hydrogen) atoms. The van der Waals surface area contributed by atoms with E-state index in [1.54, 1.807) is 11.8 Å². The van der Waals surface area contributed by atoms with Gasteiger partial charge in [0.2, 0.25) is 5.91 Å². The maximum absolute atomic E-state index is 13.5. The van der Waals surface area contributed by atoms with E-state index in [9.17, 15) is 4.79 Å². The molecule has 7 heteroatoms. The first-order valence-electron chi connectivity index (χ1n) is 10.3. The SMILES string of the molecule is Cc1cc2nnc(SCC(=O)N3c4ccccc4Sc4ccccc43)n2c2ccccc12. The van der Waals surface area contributed by atoms with Crippen LogP contribution in [0.4, 0.5) is 11.4 Å². The van der Waals surface area contributed by atoms with Gasteiger partial charge in [-0.25, -0.2) is 0 Å². The highest BCUT2D eigenvalue weighted by atomic mass is 32.2. The first-order valence-corrected chi connectivity index (χ1v) is 12.1. The maximum atomic E-state index is 13.5. The average molecular weight is 455 g/mol. The third kappa shape index (κ3) is 3.08. The predicted octanol–water partition coefficient (Wildman–Crippen LogP) is 6.11. The number of rotatable bonds is 3.